The van der Waals surface area contributed by atoms with E-state index in [4.69, 9.17) is 4.74 Å². The smallest absolute Gasteiger partial charge is 0.251 e. The molecule has 2 heterocycles. The van der Waals surface area contributed by atoms with Gasteiger partial charge in [0.2, 0.25) is 0 Å². The van der Waals surface area contributed by atoms with E-state index in [1.54, 1.807) is 0 Å². The second kappa shape index (κ2) is 8.05. The largest absolute Gasteiger partial charge is 0.487 e. The maximum Gasteiger partial charge on any atom is 0.251 e. The Balaban J connectivity index is 1.33. The van der Waals surface area contributed by atoms with Crippen LogP contribution in [0.15, 0.2) is 48.8 Å². The van der Waals surface area contributed by atoms with E-state index in [2.05, 4.69) is 24.1 Å². The SMILES string of the molecule is Cc1ccc2nc(COc3ccc(C(=O)NC4CCC(C)CC4)cc3)cn2c1. The molecule has 28 heavy (non-hydrogen) atoms. The van der Waals surface area contributed by atoms with Crippen LogP contribution in [0.25, 0.3) is 5.65 Å². The number of amides is 1. The molecule has 0 atom stereocenters. The minimum Gasteiger partial charge on any atom is -0.487 e. The van der Waals surface area contributed by atoms with Crippen molar-refractivity contribution in [3.05, 3.63) is 65.6 Å². The van der Waals surface area contributed by atoms with Gasteiger partial charge in [-0.15, -0.1) is 0 Å². The standard InChI is InChI=1S/C23H27N3O2/c1-16-3-8-19(9-4-16)25-23(27)18-6-10-21(11-7-18)28-15-20-14-26-13-17(2)5-12-22(26)24-20/h5-7,10-14,16,19H,3-4,8-9,15H2,1-2H3,(H,25,27). The number of rotatable bonds is 5. The van der Waals surface area contributed by atoms with Crippen LogP contribution in [0, 0.1) is 12.8 Å². The van der Waals surface area contributed by atoms with Crippen LogP contribution in [0.1, 0.15) is 54.2 Å². The van der Waals surface area contributed by atoms with Crippen LogP contribution >= 0.6 is 0 Å². The topological polar surface area (TPSA) is 55.6 Å². The van der Waals surface area contributed by atoms with Crippen molar-refractivity contribution in [2.75, 3.05) is 0 Å². The van der Waals surface area contributed by atoms with Gasteiger partial charge in [-0.05, 0) is 74.4 Å². The number of aryl methyl sites for hydroxylation is 1. The number of nitrogens with one attached hydrogen (secondary N) is 1. The van der Waals surface area contributed by atoms with Crippen LogP contribution in [-0.2, 0) is 6.61 Å². The highest BCUT2D eigenvalue weighted by atomic mass is 16.5. The molecule has 1 aliphatic rings. The van der Waals surface area contributed by atoms with Gasteiger partial charge in [0, 0.05) is 24.0 Å². The third kappa shape index (κ3) is 4.35. The van der Waals surface area contributed by atoms with Gasteiger partial charge in [0.15, 0.2) is 0 Å². The van der Waals surface area contributed by atoms with E-state index in [0.717, 1.165) is 35.9 Å². The quantitative estimate of drug-likeness (QED) is 0.711. The molecular weight excluding hydrogens is 350 g/mol. The Labute approximate surface area is 165 Å². The van der Waals surface area contributed by atoms with E-state index in [1.165, 1.54) is 18.4 Å². The van der Waals surface area contributed by atoms with Crippen LogP contribution in [0.5, 0.6) is 5.75 Å². The molecule has 0 aliphatic heterocycles. The van der Waals surface area contributed by atoms with Crippen molar-refractivity contribution in [3.63, 3.8) is 0 Å². The summed E-state index contributed by atoms with van der Waals surface area (Å²) in [6, 6.07) is 11.7. The average molecular weight is 377 g/mol. The van der Waals surface area contributed by atoms with Crippen molar-refractivity contribution in [1.29, 1.82) is 0 Å². The molecule has 0 unspecified atom stereocenters. The maximum absolute atomic E-state index is 12.4. The Kier molecular flexibility index (Phi) is 5.33. The lowest BCUT2D eigenvalue weighted by Crippen LogP contribution is -2.37. The summed E-state index contributed by atoms with van der Waals surface area (Å²) in [7, 11) is 0. The lowest BCUT2D eigenvalue weighted by atomic mass is 9.87. The average Bonchev–Trinajstić information content (AvgIpc) is 3.10. The van der Waals surface area contributed by atoms with Crippen molar-refractivity contribution in [2.45, 2.75) is 52.2 Å². The van der Waals surface area contributed by atoms with Crippen LogP contribution in [0.3, 0.4) is 0 Å². The van der Waals surface area contributed by atoms with Crippen LogP contribution in [-0.4, -0.2) is 21.3 Å². The third-order valence-electron chi connectivity index (χ3n) is 5.50. The van der Waals surface area contributed by atoms with E-state index in [-0.39, 0.29) is 5.91 Å². The first-order valence-corrected chi connectivity index (χ1v) is 10.0. The molecule has 5 heteroatoms. The monoisotopic (exact) mass is 377 g/mol. The highest BCUT2D eigenvalue weighted by Gasteiger charge is 2.20. The Morgan fingerprint density at radius 1 is 1.11 bits per heavy atom. The van der Waals surface area contributed by atoms with E-state index in [1.807, 2.05) is 53.2 Å². The summed E-state index contributed by atoms with van der Waals surface area (Å²) in [5.41, 5.74) is 3.65. The number of aromatic nitrogens is 2. The van der Waals surface area contributed by atoms with Gasteiger partial charge in [0.25, 0.3) is 5.91 Å². The zero-order valence-corrected chi connectivity index (χ0v) is 16.5. The predicted molar refractivity (Wildman–Crippen MR) is 110 cm³/mol. The van der Waals surface area contributed by atoms with Crippen molar-refractivity contribution in [1.82, 2.24) is 14.7 Å². The first kappa shape index (κ1) is 18.5. The predicted octanol–water partition coefficient (Wildman–Crippen LogP) is 4.53. The normalized spacial score (nSPS) is 19.5. The Hall–Kier alpha value is -2.82. The first-order valence-electron chi connectivity index (χ1n) is 10.0. The van der Waals surface area contributed by atoms with Crippen molar-refractivity contribution < 1.29 is 9.53 Å². The molecule has 1 aromatic carbocycles. The van der Waals surface area contributed by atoms with E-state index in [9.17, 15) is 4.79 Å². The molecular formula is C23H27N3O2. The minimum absolute atomic E-state index is 0.00169. The fourth-order valence-electron chi connectivity index (χ4n) is 3.76. The molecule has 4 rings (SSSR count). The zero-order valence-electron chi connectivity index (χ0n) is 16.5. The van der Waals surface area contributed by atoms with Gasteiger partial charge < -0.3 is 14.5 Å². The molecule has 1 amide bonds. The molecule has 0 radical (unpaired) electrons. The lowest BCUT2D eigenvalue weighted by molar-refractivity contribution is 0.0923. The number of benzene rings is 1. The van der Waals surface area contributed by atoms with E-state index in [0.29, 0.717) is 18.2 Å². The molecule has 0 bridgehead atoms. The Morgan fingerprint density at radius 2 is 1.86 bits per heavy atom. The van der Waals surface area contributed by atoms with Gasteiger partial charge in [-0.25, -0.2) is 4.98 Å². The number of nitrogens with zero attached hydrogens (tertiary/aromatic N) is 2. The van der Waals surface area contributed by atoms with Crippen molar-refractivity contribution in [3.8, 4) is 5.75 Å². The summed E-state index contributed by atoms with van der Waals surface area (Å²) in [4.78, 5) is 17.0. The van der Waals surface area contributed by atoms with Gasteiger partial charge in [-0.3, -0.25) is 4.79 Å². The molecule has 2 aromatic heterocycles. The second-order valence-electron chi connectivity index (χ2n) is 7.95. The highest BCUT2D eigenvalue weighted by molar-refractivity contribution is 5.94. The number of hydrogen-bond acceptors (Lipinski definition) is 3. The lowest BCUT2D eigenvalue weighted by Gasteiger charge is -2.26. The fraction of sp³-hybridized carbons (Fsp3) is 0.391. The number of ether oxygens (including phenoxy) is 1. The number of carbonyl (C=O) groups excluding carboxylic acids is 1. The van der Waals surface area contributed by atoms with E-state index >= 15 is 0 Å². The molecule has 5 nitrogen and oxygen atoms in total. The van der Waals surface area contributed by atoms with E-state index < -0.39 is 0 Å². The van der Waals surface area contributed by atoms with Gasteiger partial charge in [-0.1, -0.05) is 13.0 Å². The molecule has 0 spiro atoms. The molecule has 1 N–H and O–H groups in total. The summed E-state index contributed by atoms with van der Waals surface area (Å²) >= 11 is 0. The van der Waals surface area contributed by atoms with Gasteiger partial charge in [0.05, 0.1) is 5.69 Å². The van der Waals surface area contributed by atoms with Crippen LogP contribution in [0.2, 0.25) is 0 Å². The second-order valence-corrected chi connectivity index (χ2v) is 7.95. The fourth-order valence-corrected chi connectivity index (χ4v) is 3.76. The molecule has 1 aliphatic carbocycles. The van der Waals surface area contributed by atoms with Crippen LogP contribution < -0.4 is 10.1 Å². The van der Waals surface area contributed by atoms with Crippen molar-refractivity contribution in [2.24, 2.45) is 5.92 Å². The first-order chi connectivity index (χ1) is 13.6. The summed E-state index contributed by atoms with van der Waals surface area (Å²) in [5.74, 6) is 1.51. The summed E-state index contributed by atoms with van der Waals surface area (Å²) in [5, 5.41) is 3.16. The number of fused-ring (bicyclic) bond motifs is 1. The van der Waals surface area contributed by atoms with Gasteiger partial charge in [0.1, 0.15) is 18.0 Å². The number of hydrogen-bond donors (Lipinski definition) is 1. The molecule has 1 fully saturated rings. The Bertz CT molecular complexity index is 954. The number of imidazole rings is 1. The maximum atomic E-state index is 12.4. The minimum atomic E-state index is 0.00169. The zero-order chi connectivity index (χ0) is 19.5. The molecule has 146 valence electrons. The van der Waals surface area contributed by atoms with Crippen LogP contribution in [0.4, 0.5) is 0 Å². The summed E-state index contributed by atoms with van der Waals surface area (Å²) in [6.07, 6.45) is 8.57. The van der Waals surface area contributed by atoms with Crippen molar-refractivity contribution >= 4 is 11.6 Å². The van der Waals surface area contributed by atoms with Gasteiger partial charge in [-0.2, -0.15) is 0 Å². The number of carbonyl (C=O) groups is 1. The summed E-state index contributed by atoms with van der Waals surface area (Å²) < 4.78 is 7.85. The molecule has 1 saturated carbocycles. The molecule has 0 saturated heterocycles. The summed E-state index contributed by atoms with van der Waals surface area (Å²) in [6.45, 7) is 4.73. The highest BCUT2D eigenvalue weighted by Crippen LogP contribution is 2.24. The van der Waals surface area contributed by atoms with Gasteiger partial charge >= 0.3 is 0 Å². The Morgan fingerprint density at radius 3 is 2.61 bits per heavy atom. The number of pyridine rings is 1. The molecule has 3 aromatic rings. The third-order valence-corrected chi connectivity index (χ3v) is 5.50.